The molecule has 0 fully saturated rings. The summed E-state index contributed by atoms with van der Waals surface area (Å²) in [5, 5.41) is 0. The standard InChI is InChI=1S/C5H12Cl2Si/c1-4-5(2)8(3,6)7/h5H,4H2,1-3H3. The molecule has 0 N–H and O–H groups in total. The molecule has 0 amide bonds. The topological polar surface area (TPSA) is 0 Å². The van der Waals surface area contributed by atoms with Crippen LogP contribution in [0.15, 0.2) is 0 Å². The van der Waals surface area contributed by atoms with Crippen molar-refractivity contribution in [2.45, 2.75) is 32.4 Å². The molecule has 0 bridgehead atoms. The number of hydrogen-bond donors (Lipinski definition) is 0. The molecule has 3 heteroatoms. The average Bonchev–Trinajstić information content (AvgIpc) is 1.62. The molecular formula is C5H12Cl2Si. The van der Waals surface area contributed by atoms with Crippen molar-refractivity contribution in [1.29, 1.82) is 0 Å². The summed E-state index contributed by atoms with van der Waals surface area (Å²) in [4.78, 5) is 0. The molecule has 1 unspecified atom stereocenters. The lowest BCUT2D eigenvalue weighted by atomic mass is 10.4. The van der Waals surface area contributed by atoms with Crippen molar-refractivity contribution in [2.75, 3.05) is 0 Å². The molecule has 0 aromatic rings. The Balaban J connectivity index is 3.62. The van der Waals surface area contributed by atoms with Crippen LogP contribution in [0.1, 0.15) is 20.3 Å². The van der Waals surface area contributed by atoms with Gasteiger partial charge in [0.15, 0.2) is 0 Å². The van der Waals surface area contributed by atoms with E-state index in [9.17, 15) is 0 Å². The van der Waals surface area contributed by atoms with E-state index >= 15 is 0 Å². The van der Waals surface area contributed by atoms with Gasteiger partial charge in [-0.2, -0.15) is 0 Å². The highest BCUT2D eigenvalue weighted by molar-refractivity contribution is 7.45. The lowest BCUT2D eigenvalue weighted by Crippen LogP contribution is -2.18. The van der Waals surface area contributed by atoms with Gasteiger partial charge in [0.2, 0.25) is 0 Å². The minimum absolute atomic E-state index is 0.519. The van der Waals surface area contributed by atoms with E-state index in [2.05, 4.69) is 13.8 Å². The van der Waals surface area contributed by atoms with Gasteiger partial charge in [-0.05, 0) is 12.1 Å². The minimum Gasteiger partial charge on any atom is -0.146 e. The first-order valence-electron chi connectivity index (χ1n) is 2.86. The molecule has 8 heavy (non-hydrogen) atoms. The van der Waals surface area contributed by atoms with Crippen molar-refractivity contribution in [3.8, 4) is 0 Å². The van der Waals surface area contributed by atoms with E-state index < -0.39 is 6.69 Å². The quantitative estimate of drug-likeness (QED) is 0.441. The molecule has 0 aromatic heterocycles. The Bertz CT molecular complexity index is 67.3. The number of rotatable bonds is 2. The van der Waals surface area contributed by atoms with E-state index in [0.717, 1.165) is 6.42 Å². The summed E-state index contributed by atoms with van der Waals surface area (Å²) in [5.41, 5.74) is 0.519. The fourth-order valence-corrected chi connectivity index (χ4v) is 2.00. The second-order valence-corrected chi connectivity index (χ2v) is 10.5. The molecule has 0 heterocycles. The monoisotopic (exact) mass is 170 g/mol. The van der Waals surface area contributed by atoms with Gasteiger partial charge in [-0.3, -0.25) is 0 Å². The van der Waals surface area contributed by atoms with E-state index in [1.807, 2.05) is 6.55 Å². The van der Waals surface area contributed by atoms with Gasteiger partial charge in [0.05, 0.1) is 0 Å². The SMILES string of the molecule is CCC(C)[Si](C)(Cl)Cl. The van der Waals surface area contributed by atoms with E-state index in [1.54, 1.807) is 0 Å². The van der Waals surface area contributed by atoms with Crippen LogP contribution in [0.2, 0.25) is 12.1 Å². The molecule has 0 saturated carbocycles. The zero-order chi connectivity index (χ0) is 6.78. The largest absolute Gasteiger partial charge is 0.251 e. The highest BCUT2D eigenvalue weighted by Crippen LogP contribution is 2.31. The Labute approximate surface area is 61.6 Å². The molecule has 0 aliphatic rings. The number of halogens is 2. The van der Waals surface area contributed by atoms with Gasteiger partial charge in [0.1, 0.15) is 0 Å². The summed E-state index contributed by atoms with van der Waals surface area (Å²) in [6.07, 6.45) is 1.09. The third-order valence-electron chi connectivity index (χ3n) is 1.48. The van der Waals surface area contributed by atoms with Crippen molar-refractivity contribution >= 4 is 28.9 Å². The molecule has 0 rings (SSSR count). The van der Waals surface area contributed by atoms with E-state index in [4.69, 9.17) is 22.2 Å². The van der Waals surface area contributed by atoms with Gasteiger partial charge in [0, 0.05) is 0 Å². The van der Waals surface area contributed by atoms with Gasteiger partial charge in [-0.15, -0.1) is 22.2 Å². The maximum atomic E-state index is 5.89. The molecule has 0 spiro atoms. The van der Waals surface area contributed by atoms with E-state index in [0.29, 0.717) is 5.54 Å². The predicted molar refractivity (Wildman–Crippen MR) is 43.0 cm³/mol. The molecule has 0 saturated heterocycles. The normalized spacial score (nSPS) is 16.1. The van der Waals surface area contributed by atoms with Crippen LogP contribution in [-0.2, 0) is 0 Å². The second-order valence-electron chi connectivity index (χ2n) is 2.27. The molecule has 0 aliphatic heterocycles. The zero-order valence-electron chi connectivity index (χ0n) is 5.54. The van der Waals surface area contributed by atoms with Gasteiger partial charge in [0.25, 0.3) is 6.69 Å². The van der Waals surface area contributed by atoms with Crippen LogP contribution in [0.5, 0.6) is 0 Å². The predicted octanol–water partition coefficient (Wildman–Crippen LogP) is 3.34. The number of hydrogen-bond acceptors (Lipinski definition) is 0. The van der Waals surface area contributed by atoms with Crippen LogP contribution in [0.4, 0.5) is 0 Å². The Morgan fingerprint density at radius 3 is 1.88 bits per heavy atom. The van der Waals surface area contributed by atoms with E-state index in [1.165, 1.54) is 0 Å². The van der Waals surface area contributed by atoms with Crippen molar-refractivity contribution in [3.05, 3.63) is 0 Å². The molecule has 1 atom stereocenters. The summed E-state index contributed by atoms with van der Waals surface area (Å²) in [5.74, 6) is 0. The first-order valence-corrected chi connectivity index (χ1v) is 7.46. The van der Waals surface area contributed by atoms with Crippen molar-refractivity contribution < 1.29 is 0 Å². The molecule has 0 radical (unpaired) electrons. The van der Waals surface area contributed by atoms with Gasteiger partial charge < -0.3 is 0 Å². The molecule has 50 valence electrons. The molecule has 0 aliphatic carbocycles. The highest BCUT2D eigenvalue weighted by Gasteiger charge is 2.27. The second kappa shape index (κ2) is 3.09. The third kappa shape index (κ3) is 2.95. The smallest absolute Gasteiger partial charge is 0.146 e. The van der Waals surface area contributed by atoms with Crippen LogP contribution >= 0.6 is 22.2 Å². The minimum atomic E-state index is -1.82. The molecular weight excluding hydrogens is 159 g/mol. The van der Waals surface area contributed by atoms with Gasteiger partial charge in [-0.25, -0.2) is 0 Å². The Kier molecular flexibility index (Phi) is 3.40. The first-order chi connectivity index (χ1) is 3.48. The van der Waals surface area contributed by atoms with Crippen LogP contribution < -0.4 is 0 Å². The zero-order valence-corrected chi connectivity index (χ0v) is 8.05. The molecule has 0 aromatic carbocycles. The lowest BCUT2D eigenvalue weighted by molar-refractivity contribution is 0.862. The van der Waals surface area contributed by atoms with Gasteiger partial charge in [-0.1, -0.05) is 20.3 Å². The fraction of sp³-hybridized carbons (Fsp3) is 1.00. The van der Waals surface area contributed by atoms with Crippen molar-refractivity contribution in [3.63, 3.8) is 0 Å². The summed E-state index contributed by atoms with van der Waals surface area (Å²) < 4.78 is 0. The van der Waals surface area contributed by atoms with Crippen LogP contribution in [0.25, 0.3) is 0 Å². The Hall–Kier alpha value is 0.797. The summed E-state index contributed by atoms with van der Waals surface area (Å²) in [6, 6.07) is 0. The fourth-order valence-electron chi connectivity index (χ4n) is 0.358. The van der Waals surface area contributed by atoms with Crippen LogP contribution in [-0.4, -0.2) is 6.69 Å². The maximum Gasteiger partial charge on any atom is 0.251 e. The van der Waals surface area contributed by atoms with Gasteiger partial charge >= 0.3 is 0 Å². The highest BCUT2D eigenvalue weighted by atomic mass is 35.7. The summed E-state index contributed by atoms with van der Waals surface area (Å²) in [7, 11) is 0. The maximum absolute atomic E-state index is 5.89. The average molecular weight is 171 g/mol. The third-order valence-corrected chi connectivity index (χ3v) is 5.85. The van der Waals surface area contributed by atoms with Crippen LogP contribution in [0.3, 0.4) is 0 Å². The Morgan fingerprint density at radius 2 is 1.88 bits per heavy atom. The summed E-state index contributed by atoms with van der Waals surface area (Å²) in [6.45, 7) is 4.36. The van der Waals surface area contributed by atoms with Crippen molar-refractivity contribution in [1.82, 2.24) is 0 Å². The van der Waals surface area contributed by atoms with Crippen molar-refractivity contribution in [2.24, 2.45) is 0 Å². The Morgan fingerprint density at radius 1 is 1.50 bits per heavy atom. The summed E-state index contributed by atoms with van der Waals surface area (Å²) >= 11 is 11.8. The molecule has 0 nitrogen and oxygen atoms in total. The first kappa shape index (κ1) is 8.80. The lowest BCUT2D eigenvalue weighted by Gasteiger charge is -2.16. The van der Waals surface area contributed by atoms with E-state index in [-0.39, 0.29) is 0 Å². The van der Waals surface area contributed by atoms with Crippen LogP contribution in [0, 0.1) is 0 Å².